The number of ether oxygens (including phenoxy) is 1. The molecule has 3 rings (SSSR count). The maximum atomic E-state index is 12.8. The number of hydrogen-bond donors (Lipinski definition) is 0. The molecule has 0 bridgehead atoms. The molecule has 104 valence electrons. The molecule has 0 amide bonds. The molecule has 0 saturated carbocycles. The van der Waals surface area contributed by atoms with Crippen molar-refractivity contribution in [1.82, 2.24) is 0 Å². The average Bonchev–Trinajstić information content (AvgIpc) is 2.54. The molecule has 0 atom stereocenters. The van der Waals surface area contributed by atoms with Gasteiger partial charge in [0.2, 0.25) is 0 Å². The molecule has 0 fully saturated rings. The van der Waals surface area contributed by atoms with E-state index >= 15 is 0 Å². The summed E-state index contributed by atoms with van der Waals surface area (Å²) in [5.74, 6) is 0.799. The van der Waals surface area contributed by atoms with E-state index in [0.717, 1.165) is 27.6 Å². The summed E-state index contributed by atoms with van der Waals surface area (Å²) in [6, 6.07) is 19.3. The number of carbonyl (C=O) groups is 1. The minimum Gasteiger partial charge on any atom is -0.497 e. The summed E-state index contributed by atoms with van der Waals surface area (Å²) < 4.78 is 5.14. The number of aryl methyl sites for hydroxylation is 1. The summed E-state index contributed by atoms with van der Waals surface area (Å²) in [5, 5.41) is 2.08. The fourth-order valence-electron chi connectivity index (χ4n) is 2.57. The van der Waals surface area contributed by atoms with Crippen molar-refractivity contribution < 1.29 is 9.53 Å². The normalized spacial score (nSPS) is 10.6. The monoisotopic (exact) mass is 276 g/mol. The molecule has 2 nitrogen and oxygen atoms in total. The highest BCUT2D eigenvalue weighted by Gasteiger charge is 2.15. The summed E-state index contributed by atoms with van der Waals surface area (Å²) in [6.45, 7) is 1.98. The van der Waals surface area contributed by atoms with E-state index in [1.54, 1.807) is 7.11 Å². The third-order valence-corrected chi connectivity index (χ3v) is 3.72. The number of rotatable bonds is 3. The second kappa shape index (κ2) is 5.41. The van der Waals surface area contributed by atoms with Crippen LogP contribution in [0.3, 0.4) is 0 Å². The molecule has 0 heterocycles. The van der Waals surface area contributed by atoms with E-state index in [0.29, 0.717) is 5.56 Å². The van der Waals surface area contributed by atoms with Gasteiger partial charge in [0, 0.05) is 11.1 Å². The van der Waals surface area contributed by atoms with E-state index in [1.807, 2.05) is 61.5 Å². The van der Waals surface area contributed by atoms with Crippen LogP contribution in [0.1, 0.15) is 21.5 Å². The van der Waals surface area contributed by atoms with Crippen molar-refractivity contribution in [1.29, 1.82) is 0 Å². The molecule has 0 saturated heterocycles. The topological polar surface area (TPSA) is 26.3 Å². The van der Waals surface area contributed by atoms with Crippen LogP contribution >= 0.6 is 0 Å². The van der Waals surface area contributed by atoms with Gasteiger partial charge >= 0.3 is 0 Å². The number of hydrogen-bond acceptors (Lipinski definition) is 2. The van der Waals surface area contributed by atoms with Crippen LogP contribution in [0.25, 0.3) is 10.8 Å². The molecule has 3 aromatic rings. The van der Waals surface area contributed by atoms with Crippen LogP contribution in [0.5, 0.6) is 5.75 Å². The number of methoxy groups -OCH3 is 1. The van der Waals surface area contributed by atoms with Gasteiger partial charge in [-0.05, 0) is 47.5 Å². The Morgan fingerprint density at radius 3 is 2.33 bits per heavy atom. The second-order valence-electron chi connectivity index (χ2n) is 5.04. The minimum atomic E-state index is 0.0481. The summed E-state index contributed by atoms with van der Waals surface area (Å²) in [6.07, 6.45) is 0. The van der Waals surface area contributed by atoms with Crippen molar-refractivity contribution in [2.75, 3.05) is 7.11 Å². The van der Waals surface area contributed by atoms with Crippen molar-refractivity contribution in [3.8, 4) is 5.75 Å². The predicted octanol–water partition coefficient (Wildman–Crippen LogP) is 4.39. The Kier molecular flexibility index (Phi) is 3.44. The first-order chi connectivity index (χ1) is 10.2. The molecule has 0 unspecified atom stereocenters. The first kappa shape index (κ1) is 13.4. The van der Waals surface area contributed by atoms with Gasteiger partial charge < -0.3 is 4.74 Å². The Balaban J connectivity index is 2.14. The van der Waals surface area contributed by atoms with Gasteiger partial charge in [0.25, 0.3) is 0 Å². The highest BCUT2D eigenvalue weighted by atomic mass is 16.5. The maximum absolute atomic E-state index is 12.8. The highest BCUT2D eigenvalue weighted by molar-refractivity contribution is 6.17. The van der Waals surface area contributed by atoms with E-state index in [9.17, 15) is 4.79 Å². The van der Waals surface area contributed by atoms with Gasteiger partial charge in [-0.2, -0.15) is 0 Å². The number of benzene rings is 3. The van der Waals surface area contributed by atoms with Crippen LogP contribution in [0.15, 0.2) is 60.7 Å². The van der Waals surface area contributed by atoms with Crippen molar-refractivity contribution in [3.63, 3.8) is 0 Å². The zero-order chi connectivity index (χ0) is 14.8. The molecular formula is C19H16O2. The molecular weight excluding hydrogens is 260 g/mol. The number of ketones is 1. The van der Waals surface area contributed by atoms with Gasteiger partial charge in [-0.3, -0.25) is 4.79 Å². The molecule has 3 aromatic carbocycles. The fourth-order valence-corrected chi connectivity index (χ4v) is 2.57. The van der Waals surface area contributed by atoms with Gasteiger partial charge in [-0.1, -0.05) is 36.4 Å². The van der Waals surface area contributed by atoms with Crippen LogP contribution in [0, 0.1) is 6.92 Å². The maximum Gasteiger partial charge on any atom is 0.193 e. The third-order valence-electron chi connectivity index (χ3n) is 3.72. The second-order valence-corrected chi connectivity index (χ2v) is 5.04. The summed E-state index contributed by atoms with van der Waals surface area (Å²) in [5.41, 5.74) is 2.45. The first-order valence-corrected chi connectivity index (χ1v) is 6.88. The molecule has 0 spiro atoms. The molecule has 21 heavy (non-hydrogen) atoms. The van der Waals surface area contributed by atoms with Crippen molar-refractivity contribution >= 4 is 16.6 Å². The molecule has 0 radical (unpaired) electrons. The van der Waals surface area contributed by atoms with E-state index in [-0.39, 0.29) is 5.78 Å². The predicted molar refractivity (Wildman–Crippen MR) is 85.1 cm³/mol. The van der Waals surface area contributed by atoms with E-state index in [1.165, 1.54) is 0 Å². The standard InChI is InChI=1S/C19H16O2/c1-13-7-8-14-5-3-4-6-17(14)18(13)19(20)15-9-11-16(21-2)12-10-15/h3-12H,1-2H3. The van der Waals surface area contributed by atoms with Crippen LogP contribution in [-0.2, 0) is 0 Å². The molecule has 0 N–H and O–H groups in total. The lowest BCUT2D eigenvalue weighted by Crippen LogP contribution is -2.04. The average molecular weight is 276 g/mol. The zero-order valence-corrected chi connectivity index (χ0v) is 12.1. The van der Waals surface area contributed by atoms with Crippen LogP contribution < -0.4 is 4.74 Å². The van der Waals surface area contributed by atoms with Gasteiger partial charge in [-0.15, -0.1) is 0 Å². The molecule has 0 aromatic heterocycles. The van der Waals surface area contributed by atoms with Crippen molar-refractivity contribution in [2.24, 2.45) is 0 Å². The van der Waals surface area contributed by atoms with Crippen molar-refractivity contribution in [3.05, 3.63) is 77.4 Å². The Bertz CT molecular complexity index is 801. The molecule has 0 aliphatic carbocycles. The Morgan fingerprint density at radius 2 is 1.62 bits per heavy atom. The smallest absolute Gasteiger partial charge is 0.193 e. The molecule has 2 heteroatoms. The van der Waals surface area contributed by atoms with Crippen molar-refractivity contribution in [2.45, 2.75) is 6.92 Å². The van der Waals surface area contributed by atoms with Gasteiger partial charge in [0.05, 0.1) is 7.11 Å². The van der Waals surface area contributed by atoms with E-state index in [4.69, 9.17) is 4.74 Å². The quantitative estimate of drug-likeness (QED) is 0.663. The summed E-state index contributed by atoms with van der Waals surface area (Å²) in [4.78, 5) is 12.8. The molecule has 0 aliphatic heterocycles. The lowest BCUT2D eigenvalue weighted by Gasteiger charge is -2.10. The first-order valence-electron chi connectivity index (χ1n) is 6.88. The van der Waals surface area contributed by atoms with E-state index in [2.05, 4.69) is 6.07 Å². The van der Waals surface area contributed by atoms with Crippen LogP contribution in [0.2, 0.25) is 0 Å². The van der Waals surface area contributed by atoms with Crippen LogP contribution in [-0.4, -0.2) is 12.9 Å². The van der Waals surface area contributed by atoms with Gasteiger partial charge in [-0.25, -0.2) is 0 Å². The minimum absolute atomic E-state index is 0.0481. The van der Waals surface area contributed by atoms with Gasteiger partial charge in [0.1, 0.15) is 5.75 Å². The lowest BCUT2D eigenvalue weighted by atomic mass is 9.93. The Morgan fingerprint density at radius 1 is 0.905 bits per heavy atom. The largest absolute Gasteiger partial charge is 0.497 e. The summed E-state index contributed by atoms with van der Waals surface area (Å²) in [7, 11) is 1.62. The number of carbonyl (C=O) groups excluding carboxylic acids is 1. The third kappa shape index (κ3) is 2.40. The Labute approximate surface area is 124 Å². The Hall–Kier alpha value is -2.61. The molecule has 0 aliphatic rings. The zero-order valence-electron chi connectivity index (χ0n) is 12.1. The summed E-state index contributed by atoms with van der Waals surface area (Å²) >= 11 is 0. The highest BCUT2D eigenvalue weighted by Crippen LogP contribution is 2.25. The van der Waals surface area contributed by atoms with Crippen LogP contribution in [0.4, 0.5) is 0 Å². The fraction of sp³-hybridized carbons (Fsp3) is 0.105. The SMILES string of the molecule is COc1ccc(C(=O)c2c(C)ccc3ccccc23)cc1. The number of fused-ring (bicyclic) bond motifs is 1. The van der Waals surface area contributed by atoms with E-state index < -0.39 is 0 Å². The lowest BCUT2D eigenvalue weighted by molar-refractivity contribution is 0.103. The van der Waals surface area contributed by atoms with Gasteiger partial charge in [0.15, 0.2) is 5.78 Å².